The van der Waals surface area contributed by atoms with E-state index in [0.717, 1.165) is 39.0 Å². The zero-order valence-electron chi connectivity index (χ0n) is 18.8. The van der Waals surface area contributed by atoms with Crippen molar-refractivity contribution >= 4 is 28.2 Å². The van der Waals surface area contributed by atoms with Crippen LogP contribution in [0.5, 0.6) is 5.75 Å². The summed E-state index contributed by atoms with van der Waals surface area (Å²) in [5, 5.41) is 2.99. The van der Waals surface area contributed by atoms with E-state index in [1.165, 1.54) is 13.2 Å². The maximum Gasteiger partial charge on any atom is 0.261 e. The van der Waals surface area contributed by atoms with E-state index in [-0.39, 0.29) is 17.0 Å². The molecule has 3 aromatic rings. The predicted octanol–water partition coefficient (Wildman–Crippen LogP) is 3.49. The fourth-order valence-electron chi connectivity index (χ4n) is 4.40. The predicted molar refractivity (Wildman–Crippen MR) is 127 cm³/mol. The SMILES string of the molecule is COc1ccccc1NC(=O)c1cn(C2CC2)c2cc(N3CCN(C)CC3)c(F)cc2c1=O. The molecule has 1 N–H and O–H groups in total. The molecule has 0 bridgehead atoms. The fourth-order valence-corrected chi connectivity index (χ4v) is 4.40. The van der Waals surface area contributed by atoms with Gasteiger partial charge in [-0.2, -0.15) is 0 Å². The number of carbonyl (C=O) groups excluding carboxylic acids is 1. The van der Waals surface area contributed by atoms with Crippen LogP contribution in [0.1, 0.15) is 29.2 Å². The summed E-state index contributed by atoms with van der Waals surface area (Å²) in [4.78, 5) is 30.6. The summed E-state index contributed by atoms with van der Waals surface area (Å²) in [6.07, 6.45) is 3.55. The van der Waals surface area contributed by atoms with Gasteiger partial charge in [0, 0.05) is 43.8 Å². The number of aromatic nitrogens is 1. The minimum Gasteiger partial charge on any atom is -0.495 e. The van der Waals surface area contributed by atoms with Crippen LogP contribution in [0.2, 0.25) is 0 Å². The highest BCUT2D eigenvalue weighted by Gasteiger charge is 2.28. The van der Waals surface area contributed by atoms with Crippen LogP contribution in [-0.4, -0.2) is 55.7 Å². The average molecular weight is 451 g/mol. The second kappa shape index (κ2) is 8.51. The Morgan fingerprint density at radius 2 is 1.85 bits per heavy atom. The van der Waals surface area contributed by atoms with Gasteiger partial charge in [0.1, 0.15) is 17.1 Å². The largest absolute Gasteiger partial charge is 0.495 e. The van der Waals surface area contributed by atoms with Crippen molar-refractivity contribution in [2.24, 2.45) is 0 Å². The van der Waals surface area contributed by atoms with E-state index in [1.807, 2.05) is 9.47 Å². The maximum absolute atomic E-state index is 15.2. The van der Waals surface area contributed by atoms with E-state index in [4.69, 9.17) is 4.74 Å². The molecule has 172 valence electrons. The summed E-state index contributed by atoms with van der Waals surface area (Å²) >= 11 is 0. The Labute approximate surface area is 191 Å². The number of fused-ring (bicyclic) bond motifs is 1. The fraction of sp³-hybridized carbons (Fsp3) is 0.360. The molecular weight excluding hydrogens is 423 g/mol. The number of ether oxygens (including phenoxy) is 1. The average Bonchev–Trinajstić information content (AvgIpc) is 3.66. The van der Waals surface area contributed by atoms with Crippen molar-refractivity contribution in [3.8, 4) is 5.75 Å². The number of likely N-dealkylation sites (N-methyl/N-ethyl adjacent to an activating group) is 1. The molecule has 1 saturated heterocycles. The zero-order chi connectivity index (χ0) is 23.1. The van der Waals surface area contributed by atoms with E-state index in [9.17, 15) is 9.59 Å². The number of carbonyl (C=O) groups is 1. The third-order valence-electron chi connectivity index (χ3n) is 6.48. The van der Waals surface area contributed by atoms with Crippen LogP contribution in [0.3, 0.4) is 0 Å². The topological polar surface area (TPSA) is 66.8 Å². The molecule has 1 saturated carbocycles. The summed E-state index contributed by atoms with van der Waals surface area (Å²) < 4.78 is 22.4. The first kappa shape index (κ1) is 21.5. The number of benzene rings is 2. The normalized spacial score (nSPS) is 16.8. The molecule has 0 spiro atoms. The number of halogens is 1. The smallest absolute Gasteiger partial charge is 0.261 e. The van der Waals surface area contributed by atoms with Gasteiger partial charge in [-0.3, -0.25) is 9.59 Å². The molecule has 8 heteroatoms. The Balaban J connectivity index is 1.57. The minimum atomic E-state index is -0.538. The molecule has 1 aliphatic heterocycles. The summed E-state index contributed by atoms with van der Waals surface area (Å²) in [5.74, 6) is -0.477. The van der Waals surface area contributed by atoms with Crippen molar-refractivity contribution < 1.29 is 13.9 Å². The van der Waals surface area contributed by atoms with Gasteiger partial charge in [-0.1, -0.05) is 12.1 Å². The minimum absolute atomic E-state index is 0.00736. The van der Waals surface area contributed by atoms with Gasteiger partial charge in [0.05, 0.1) is 24.0 Å². The van der Waals surface area contributed by atoms with Crippen LogP contribution in [0, 0.1) is 5.82 Å². The van der Waals surface area contributed by atoms with Gasteiger partial charge in [0.15, 0.2) is 0 Å². The number of piperazine rings is 1. The first-order valence-corrected chi connectivity index (χ1v) is 11.2. The molecule has 1 amide bonds. The lowest BCUT2D eigenvalue weighted by Gasteiger charge is -2.34. The highest BCUT2D eigenvalue weighted by Crippen LogP contribution is 2.38. The zero-order valence-corrected chi connectivity index (χ0v) is 18.8. The van der Waals surface area contributed by atoms with Crippen LogP contribution < -0.4 is 20.4 Å². The molecule has 1 aliphatic carbocycles. The number of nitrogens with zero attached hydrogens (tertiary/aromatic N) is 3. The first-order chi connectivity index (χ1) is 16.0. The Bertz CT molecular complexity index is 1280. The van der Waals surface area contributed by atoms with Crippen molar-refractivity contribution in [1.82, 2.24) is 9.47 Å². The Kier molecular flexibility index (Phi) is 5.54. The summed E-state index contributed by atoms with van der Waals surface area (Å²) in [6.45, 7) is 3.17. The van der Waals surface area contributed by atoms with Crippen LogP contribution in [-0.2, 0) is 0 Å². The van der Waals surface area contributed by atoms with E-state index in [0.29, 0.717) is 22.6 Å². The summed E-state index contributed by atoms with van der Waals surface area (Å²) in [5.41, 5.74) is 1.17. The van der Waals surface area contributed by atoms with Crippen LogP contribution in [0.25, 0.3) is 10.9 Å². The summed E-state index contributed by atoms with van der Waals surface area (Å²) in [7, 11) is 3.57. The molecule has 5 rings (SSSR count). The van der Waals surface area contributed by atoms with Crippen molar-refractivity contribution in [2.45, 2.75) is 18.9 Å². The molecule has 1 aromatic heterocycles. The lowest BCUT2D eigenvalue weighted by atomic mass is 10.1. The molecule has 7 nitrogen and oxygen atoms in total. The van der Waals surface area contributed by atoms with Gasteiger partial charge < -0.3 is 24.4 Å². The standard InChI is InChI=1S/C25H27FN4O3/c1-28-9-11-29(12-10-28)22-14-21-17(13-19(22)26)24(31)18(15-30(21)16-7-8-16)25(32)27-20-5-3-4-6-23(20)33-2/h3-6,13-16H,7-12H2,1-2H3,(H,27,32). The quantitative estimate of drug-likeness (QED) is 0.645. The van der Waals surface area contributed by atoms with E-state index in [1.54, 1.807) is 36.5 Å². The number of methoxy groups -OCH3 is 1. The van der Waals surface area contributed by atoms with E-state index >= 15 is 4.39 Å². The van der Waals surface area contributed by atoms with Crippen molar-refractivity contribution in [2.75, 3.05) is 50.6 Å². The second-order valence-corrected chi connectivity index (χ2v) is 8.78. The lowest BCUT2D eigenvalue weighted by Crippen LogP contribution is -2.44. The first-order valence-electron chi connectivity index (χ1n) is 11.2. The van der Waals surface area contributed by atoms with Crippen LogP contribution >= 0.6 is 0 Å². The highest BCUT2D eigenvalue weighted by atomic mass is 19.1. The Hall–Kier alpha value is -3.39. The van der Waals surface area contributed by atoms with E-state index < -0.39 is 17.2 Å². The summed E-state index contributed by atoms with van der Waals surface area (Å²) in [6, 6.07) is 10.3. The molecule has 2 fully saturated rings. The number of pyridine rings is 1. The maximum atomic E-state index is 15.2. The van der Waals surface area contributed by atoms with E-state index in [2.05, 4.69) is 17.3 Å². The van der Waals surface area contributed by atoms with Gasteiger partial charge in [0.25, 0.3) is 5.91 Å². The van der Waals surface area contributed by atoms with Crippen LogP contribution in [0.4, 0.5) is 15.8 Å². The number of hydrogen-bond acceptors (Lipinski definition) is 5. The van der Waals surface area contributed by atoms with Gasteiger partial charge >= 0.3 is 0 Å². The molecule has 2 aliphatic rings. The lowest BCUT2D eigenvalue weighted by molar-refractivity contribution is 0.102. The van der Waals surface area contributed by atoms with Crippen LogP contribution in [0.15, 0.2) is 47.4 Å². The third kappa shape index (κ3) is 4.06. The highest BCUT2D eigenvalue weighted by molar-refractivity contribution is 6.06. The monoisotopic (exact) mass is 450 g/mol. The van der Waals surface area contributed by atoms with Gasteiger partial charge in [-0.15, -0.1) is 0 Å². The van der Waals surface area contributed by atoms with Crippen molar-refractivity contribution in [3.63, 3.8) is 0 Å². The Morgan fingerprint density at radius 3 is 2.55 bits per heavy atom. The molecule has 0 atom stereocenters. The van der Waals surface area contributed by atoms with Crippen molar-refractivity contribution in [3.05, 3.63) is 64.2 Å². The molecule has 2 heterocycles. The number of anilines is 2. The number of amides is 1. The molecular formula is C25H27FN4O3. The van der Waals surface area contributed by atoms with Gasteiger partial charge in [-0.25, -0.2) is 4.39 Å². The van der Waals surface area contributed by atoms with Gasteiger partial charge in [0.2, 0.25) is 5.43 Å². The number of nitrogens with one attached hydrogen (secondary N) is 1. The third-order valence-corrected chi connectivity index (χ3v) is 6.48. The number of para-hydroxylation sites is 2. The van der Waals surface area contributed by atoms with Gasteiger partial charge in [-0.05, 0) is 44.2 Å². The molecule has 0 unspecified atom stereocenters. The molecule has 0 radical (unpaired) electrons. The molecule has 2 aromatic carbocycles. The number of hydrogen-bond donors (Lipinski definition) is 1. The number of rotatable bonds is 5. The van der Waals surface area contributed by atoms with Crippen molar-refractivity contribution in [1.29, 1.82) is 0 Å². The second-order valence-electron chi connectivity index (χ2n) is 8.78. The Morgan fingerprint density at radius 1 is 1.12 bits per heavy atom. The molecule has 33 heavy (non-hydrogen) atoms.